The van der Waals surface area contributed by atoms with Gasteiger partial charge in [-0.25, -0.2) is 0 Å². The van der Waals surface area contributed by atoms with Crippen LogP contribution in [-0.2, 0) is 4.79 Å². The van der Waals surface area contributed by atoms with Gasteiger partial charge in [0.15, 0.2) is 11.5 Å². The maximum Gasteiger partial charge on any atom is 0.241 e. The molecule has 3 heterocycles. The van der Waals surface area contributed by atoms with E-state index in [1.165, 1.54) is 5.56 Å². The summed E-state index contributed by atoms with van der Waals surface area (Å²) in [4.78, 5) is 21.6. The Bertz CT molecular complexity index is 822. The van der Waals surface area contributed by atoms with E-state index in [0.717, 1.165) is 31.9 Å². The van der Waals surface area contributed by atoms with Gasteiger partial charge in [0.05, 0.1) is 6.04 Å². The van der Waals surface area contributed by atoms with Gasteiger partial charge < -0.3 is 14.8 Å². The number of ether oxygens (including phenoxy) is 2. The van der Waals surface area contributed by atoms with E-state index in [1.807, 2.05) is 31.3 Å². The predicted octanol–water partition coefficient (Wildman–Crippen LogP) is 2.52. The highest BCUT2D eigenvalue weighted by Crippen LogP contribution is 2.34. The molecule has 1 saturated heterocycles. The number of hydrogen-bond acceptors (Lipinski definition) is 6. The summed E-state index contributed by atoms with van der Waals surface area (Å²) in [6.07, 6.45) is 3.73. The van der Waals surface area contributed by atoms with Gasteiger partial charge in [-0.2, -0.15) is 0 Å². The average Bonchev–Trinajstić information content (AvgIpc) is 3.21. The lowest BCUT2D eigenvalue weighted by Crippen LogP contribution is -2.53. The lowest BCUT2D eigenvalue weighted by Gasteiger charge is -2.40. The number of carbonyl (C=O) groups is 1. The van der Waals surface area contributed by atoms with E-state index in [4.69, 9.17) is 9.47 Å². The van der Waals surface area contributed by atoms with Crippen LogP contribution >= 0.6 is 0 Å². The first kappa shape index (κ1) is 18.7. The topological polar surface area (TPSA) is 66.9 Å². The SMILES string of the molecule is CC(C(=O)Nc1ccc2c(c1)OCO2)N1CCN(C(C)c2cccnc2)CC1. The van der Waals surface area contributed by atoms with Crippen molar-refractivity contribution < 1.29 is 14.3 Å². The average molecular weight is 382 g/mol. The van der Waals surface area contributed by atoms with Crippen molar-refractivity contribution in [2.75, 3.05) is 38.3 Å². The van der Waals surface area contributed by atoms with Crippen LogP contribution in [0.25, 0.3) is 0 Å². The number of anilines is 1. The first-order chi connectivity index (χ1) is 13.6. The van der Waals surface area contributed by atoms with Crippen molar-refractivity contribution in [1.29, 1.82) is 0 Å². The maximum absolute atomic E-state index is 12.7. The van der Waals surface area contributed by atoms with Crippen LogP contribution in [0.2, 0.25) is 0 Å². The number of amides is 1. The second-order valence-electron chi connectivity index (χ2n) is 7.27. The van der Waals surface area contributed by atoms with Gasteiger partial charge in [0, 0.05) is 56.4 Å². The second kappa shape index (κ2) is 8.16. The van der Waals surface area contributed by atoms with Gasteiger partial charge in [-0.1, -0.05) is 6.07 Å². The number of nitrogens with one attached hydrogen (secondary N) is 1. The molecule has 2 unspecified atom stereocenters. The molecule has 0 saturated carbocycles. The molecular weight excluding hydrogens is 356 g/mol. The number of rotatable bonds is 5. The Hall–Kier alpha value is -2.64. The fourth-order valence-electron chi connectivity index (χ4n) is 3.73. The third-order valence-corrected chi connectivity index (χ3v) is 5.63. The van der Waals surface area contributed by atoms with Crippen LogP contribution in [0.3, 0.4) is 0 Å². The molecule has 1 N–H and O–H groups in total. The molecule has 2 aliphatic heterocycles. The maximum atomic E-state index is 12.7. The highest BCUT2D eigenvalue weighted by atomic mass is 16.7. The van der Waals surface area contributed by atoms with E-state index in [-0.39, 0.29) is 18.7 Å². The van der Waals surface area contributed by atoms with Crippen molar-refractivity contribution in [2.24, 2.45) is 0 Å². The number of carbonyl (C=O) groups excluding carboxylic acids is 1. The molecule has 28 heavy (non-hydrogen) atoms. The number of pyridine rings is 1. The first-order valence-electron chi connectivity index (χ1n) is 9.70. The van der Waals surface area contributed by atoms with Crippen LogP contribution in [0.5, 0.6) is 11.5 Å². The smallest absolute Gasteiger partial charge is 0.241 e. The van der Waals surface area contributed by atoms with Crippen molar-refractivity contribution >= 4 is 11.6 Å². The molecule has 2 aliphatic rings. The van der Waals surface area contributed by atoms with Crippen molar-refractivity contribution in [1.82, 2.24) is 14.8 Å². The Morgan fingerprint density at radius 2 is 1.82 bits per heavy atom. The van der Waals surface area contributed by atoms with Crippen LogP contribution < -0.4 is 14.8 Å². The zero-order valence-electron chi connectivity index (χ0n) is 16.3. The lowest BCUT2D eigenvalue weighted by molar-refractivity contribution is -0.121. The van der Waals surface area contributed by atoms with E-state index < -0.39 is 0 Å². The normalized spacial score (nSPS) is 19.2. The monoisotopic (exact) mass is 382 g/mol. The summed E-state index contributed by atoms with van der Waals surface area (Å²) >= 11 is 0. The van der Waals surface area contributed by atoms with Crippen LogP contribution in [0, 0.1) is 0 Å². The summed E-state index contributed by atoms with van der Waals surface area (Å²) < 4.78 is 10.7. The Kier molecular flexibility index (Phi) is 5.45. The number of aromatic nitrogens is 1. The van der Waals surface area contributed by atoms with Gasteiger partial charge in [-0.05, 0) is 37.6 Å². The van der Waals surface area contributed by atoms with Gasteiger partial charge in [0.2, 0.25) is 12.7 Å². The molecule has 7 nitrogen and oxygen atoms in total. The predicted molar refractivity (Wildman–Crippen MR) is 106 cm³/mol. The molecule has 0 bridgehead atoms. The molecule has 4 rings (SSSR count). The highest BCUT2D eigenvalue weighted by Gasteiger charge is 2.28. The van der Waals surface area contributed by atoms with Gasteiger partial charge in [0.1, 0.15) is 0 Å². The van der Waals surface area contributed by atoms with Crippen molar-refractivity contribution in [3.63, 3.8) is 0 Å². The zero-order chi connectivity index (χ0) is 19.5. The number of hydrogen-bond donors (Lipinski definition) is 1. The molecule has 2 aromatic rings. The fraction of sp³-hybridized carbons (Fsp3) is 0.429. The molecule has 1 amide bonds. The Labute approximate surface area is 165 Å². The second-order valence-corrected chi connectivity index (χ2v) is 7.27. The Balaban J connectivity index is 1.31. The molecule has 0 radical (unpaired) electrons. The van der Waals surface area contributed by atoms with Gasteiger partial charge in [0.25, 0.3) is 0 Å². The number of piperazine rings is 1. The third-order valence-electron chi connectivity index (χ3n) is 5.63. The van der Waals surface area contributed by atoms with E-state index >= 15 is 0 Å². The summed E-state index contributed by atoms with van der Waals surface area (Å²) in [6, 6.07) is 9.69. The highest BCUT2D eigenvalue weighted by molar-refractivity contribution is 5.94. The quantitative estimate of drug-likeness (QED) is 0.857. The van der Waals surface area contributed by atoms with Crippen molar-refractivity contribution in [3.8, 4) is 11.5 Å². The summed E-state index contributed by atoms with van der Waals surface area (Å²) in [6.45, 7) is 7.98. The number of nitrogens with zero attached hydrogens (tertiary/aromatic N) is 3. The summed E-state index contributed by atoms with van der Waals surface area (Å²) in [5.74, 6) is 1.38. The first-order valence-corrected chi connectivity index (χ1v) is 9.70. The minimum absolute atomic E-state index is 0.00683. The Morgan fingerprint density at radius 3 is 2.57 bits per heavy atom. The summed E-state index contributed by atoms with van der Waals surface area (Å²) in [7, 11) is 0. The van der Waals surface area contributed by atoms with Crippen molar-refractivity contribution in [2.45, 2.75) is 25.9 Å². The Morgan fingerprint density at radius 1 is 1.07 bits per heavy atom. The standard InChI is InChI=1S/C21H26N4O3/c1-15(17-4-3-7-22-13-17)24-8-10-25(11-9-24)16(2)21(26)23-18-5-6-19-20(12-18)28-14-27-19/h3-7,12-13,15-16H,8-11,14H2,1-2H3,(H,23,26). The van der Waals surface area contributed by atoms with Gasteiger partial charge in [-0.15, -0.1) is 0 Å². The third kappa shape index (κ3) is 3.95. The van der Waals surface area contributed by atoms with Crippen LogP contribution in [0.1, 0.15) is 25.5 Å². The van der Waals surface area contributed by atoms with E-state index in [2.05, 4.69) is 33.1 Å². The van der Waals surface area contributed by atoms with Crippen LogP contribution in [0.4, 0.5) is 5.69 Å². The number of fused-ring (bicyclic) bond motifs is 1. The molecule has 7 heteroatoms. The molecular formula is C21H26N4O3. The van der Waals surface area contributed by atoms with Crippen LogP contribution in [-0.4, -0.2) is 59.7 Å². The minimum Gasteiger partial charge on any atom is -0.454 e. The summed E-state index contributed by atoms with van der Waals surface area (Å²) in [5, 5.41) is 2.99. The molecule has 2 atom stereocenters. The minimum atomic E-state index is -0.193. The van der Waals surface area contributed by atoms with Crippen molar-refractivity contribution in [3.05, 3.63) is 48.3 Å². The molecule has 0 spiro atoms. The van der Waals surface area contributed by atoms with E-state index in [0.29, 0.717) is 17.5 Å². The molecule has 148 valence electrons. The van der Waals surface area contributed by atoms with Gasteiger partial charge >= 0.3 is 0 Å². The van der Waals surface area contributed by atoms with Crippen LogP contribution in [0.15, 0.2) is 42.7 Å². The van der Waals surface area contributed by atoms with E-state index in [1.54, 1.807) is 12.3 Å². The largest absolute Gasteiger partial charge is 0.454 e. The molecule has 1 aromatic heterocycles. The molecule has 1 aromatic carbocycles. The van der Waals surface area contributed by atoms with E-state index in [9.17, 15) is 4.79 Å². The summed E-state index contributed by atoms with van der Waals surface area (Å²) in [5.41, 5.74) is 1.95. The number of benzene rings is 1. The lowest BCUT2D eigenvalue weighted by atomic mass is 10.1. The van der Waals surface area contributed by atoms with Gasteiger partial charge in [-0.3, -0.25) is 19.6 Å². The fourth-order valence-corrected chi connectivity index (χ4v) is 3.73. The molecule has 0 aliphatic carbocycles. The molecule has 1 fully saturated rings. The zero-order valence-corrected chi connectivity index (χ0v) is 16.3.